The first kappa shape index (κ1) is 10.2. The molecule has 2 heteroatoms. The molecule has 0 heterocycles. The lowest BCUT2D eigenvalue weighted by Crippen LogP contribution is -2.39. The monoisotopic (exact) mass is 195 g/mol. The van der Waals surface area contributed by atoms with Gasteiger partial charge in [-0.2, -0.15) is 0 Å². The summed E-state index contributed by atoms with van der Waals surface area (Å²) in [6.45, 7) is 0. The molecule has 0 bridgehead atoms. The lowest BCUT2D eigenvalue weighted by atomic mass is 9.64. The van der Waals surface area contributed by atoms with Crippen LogP contribution >= 0.6 is 0 Å². The second-order valence-corrected chi connectivity index (χ2v) is 4.87. The second kappa shape index (κ2) is 4.43. The van der Waals surface area contributed by atoms with Crippen molar-refractivity contribution in [1.29, 1.82) is 0 Å². The highest BCUT2D eigenvalue weighted by molar-refractivity contribution is 5.51. The molecule has 2 aliphatic rings. The van der Waals surface area contributed by atoms with E-state index in [0.717, 1.165) is 12.3 Å². The standard InChI is InChI=1S/C12H19O2/c13-8-7-11-10-4-2-1-3-9(10)5-6-12(11)14/h9-12,14H,1-7H2. The van der Waals surface area contributed by atoms with Gasteiger partial charge in [-0.1, -0.05) is 19.3 Å². The van der Waals surface area contributed by atoms with E-state index in [-0.39, 0.29) is 12.0 Å². The molecule has 0 spiro atoms. The zero-order valence-corrected chi connectivity index (χ0v) is 8.61. The molecule has 0 aliphatic heterocycles. The number of carbonyl (C=O) groups excluding carboxylic acids is 1. The first-order valence-electron chi connectivity index (χ1n) is 5.86. The predicted octanol–water partition coefficient (Wildman–Crippen LogP) is 2.06. The zero-order valence-electron chi connectivity index (χ0n) is 8.61. The van der Waals surface area contributed by atoms with E-state index in [2.05, 4.69) is 0 Å². The second-order valence-electron chi connectivity index (χ2n) is 4.87. The minimum absolute atomic E-state index is 0.214. The molecule has 0 aromatic carbocycles. The smallest absolute Gasteiger partial charge is 0.198 e. The normalized spacial score (nSPS) is 42.9. The van der Waals surface area contributed by atoms with E-state index in [1.54, 1.807) is 0 Å². The third kappa shape index (κ3) is 1.85. The number of rotatable bonds is 2. The molecule has 0 amide bonds. The number of hydrogen-bond acceptors (Lipinski definition) is 2. The molecule has 2 saturated carbocycles. The van der Waals surface area contributed by atoms with Crippen LogP contribution in [0.2, 0.25) is 0 Å². The van der Waals surface area contributed by atoms with E-state index in [0.29, 0.717) is 12.3 Å². The first-order valence-corrected chi connectivity index (χ1v) is 5.86. The van der Waals surface area contributed by atoms with Crippen LogP contribution in [-0.4, -0.2) is 17.5 Å². The summed E-state index contributed by atoms with van der Waals surface area (Å²) in [6.07, 6.45) is 9.41. The third-order valence-corrected chi connectivity index (χ3v) is 4.16. The van der Waals surface area contributed by atoms with Crippen molar-refractivity contribution >= 4 is 6.29 Å². The lowest BCUT2D eigenvalue weighted by molar-refractivity contribution is -0.0117. The third-order valence-electron chi connectivity index (χ3n) is 4.16. The van der Waals surface area contributed by atoms with Crippen LogP contribution in [0.4, 0.5) is 0 Å². The number of aliphatic hydroxyl groups excluding tert-OH is 1. The van der Waals surface area contributed by atoms with E-state index in [1.807, 2.05) is 6.29 Å². The van der Waals surface area contributed by atoms with Crippen molar-refractivity contribution in [1.82, 2.24) is 0 Å². The van der Waals surface area contributed by atoms with Crippen LogP contribution in [-0.2, 0) is 4.79 Å². The van der Waals surface area contributed by atoms with E-state index in [1.165, 1.54) is 32.1 Å². The van der Waals surface area contributed by atoms with Gasteiger partial charge in [0.25, 0.3) is 0 Å². The van der Waals surface area contributed by atoms with E-state index >= 15 is 0 Å². The Bertz CT molecular complexity index is 202. The minimum atomic E-state index is -0.240. The molecule has 0 saturated heterocycles. The molecule has 2 aliphatic carbocycles. The van der Waals surface area contributed by atoms with Gasteiger partial charge >= 0.3 is 0 Å². The van der Waals surface area contributed by atoms with Crippen molar-refractivity contribution in [3.05, 3.63) is 0 Å². The fourth-order valence-electron chi connectivity index (χ4n) is 3.43. The SMILES string of the molecule is O=[C]CC1C(O)CCC2CCCCC21. The number of aliphatic hydroxyl groups is 1. The van der Waals surface area contributed by atoms with Gasteiger partial charge in [-0.05, 0) is 37.0 Å². The molecule has 0 aromatic rings. The van der Waals surface area contributed by atoms with Gasteiger partial charge in [-0.25, -0.2) is 0 Å². The summed E-state index contributed by atoms with van der Waals surface area (Å²) in [4.78, 5) is 10.5. The van der Waals surface area contributed by atoms with Gasteiger partial charge in [0.15, 0.2) is 6.29 Å². The summed E-state index contributed by atoms with van der Waals surface area (Å²) in [5.41, 5.74) is 0. The molecule has 14 heavy (non-hydrogen) atoms. The molecule has 1 N–H and O–H groups in total. The molecular formula is C12H19O2. The molecule has 79 valence electrons. The van der Waals surface area contributed by atoms with Crippen LogP contribution in [0.1, 0.15) is 44.9 Å². The Morgan fingerprint density at radius 2 is 1.93 bits per heavy atom. The van der Waals surface area contributed by atoms with Crippen molar-refractivity contribution in [2.75, 3.05) is 0 Å². The molecule has 0 aromatic heterocycles. The highest BCUT2D eigenvalue weighted by Crippen LogP contribution is 2.44. The maximum absolute atomic E-state index is 10.5. The fraction of sp³-hybridized carbons (Fsp3) is 0.917. The average Bonchev–Trinajstić information content (AvgIpc) is 2.23. The fourth-order valence-corrected chi connectivity index (χ4v) is 3.43. The van der Waals surface area contributed by atoms with Gasteiger partial charge in [0.1, 0.15) is 0 Å². The summed E-state index contributed by atoms with van der Waals surface area (Å²) in [5.74, 6) is 1.60. The molecule has 4 unspecified atom stereocenters. The quantitative estimate of drug-likeness (QED) is 0.732. The zero-order chi connectivity index (χ0) is 9.97. The Kier molecular flexibility index (Phi) is 3.22. The number of hydrogen-bond donors (Lipinski definition) is 1. The van der Waals surface area contributed by atoms with Crippen LogP contribution < -0.4 is 0 Å². The van der Waals surface area contributed by atoms with Gasteiger partial charge in [0, 0.05) is 6.42 Å². The summed E-state index contributed by atoms with van der Waals surface area (Å²) >= 11 is 0. The summed E-state index contributed by atoms with van der Waals surface area (Å²) < 4.78 is 0. The summed E-state index contributed by atoms with van der Waals surface area (Å²) in [6, 6.07) is 0. The maximum atomic E-state index is 10.5. The highest BCUT2D eigenvalue weighted by Gasteiger charge is 2.39. The summed E-state index contributed by atoms with van der Waals surface area (Å²) in [5, 5.41) is 9.86. The predicted molar refractivity (Wildman–Crippen MR) is 54.5 cm³/mol. The number of fused-ring (bicyclic) bond motifs is 1. The Hall–Kier alpha value is -0.370. The van der Waals surface area contributed by atoms with Crippen molar-refractivity contribution in [3.63, 3.8) is 0 Å². The minimum Gasteiger partial charge on any atom is -0.393 e. The van der Waals surface area contributed by atoms with Gasteiger partial charge in [0.05, 0.1) is 6.10 Å². The first-order chi connectivity index (χ1) is 6.83. The van der Waals surface area contributed by atoms with Crippen molar-refractivity contribution < 1.29 is 9.90 Å². The lowest BCUT2D eigenvalue weighted by Gasteiger charge is -2.43. The molecular weight excluding hydrogens is 176 g/mol. The Morgan fingerprint density at radius 1 is 1.14 bits per heavy atom. The van der Waals surface area contributed by atoms with Gasteiger partial charge in [0.2, 0.25) is 0 Å². The average molecular weight is 195 g/mol. The largest absolute Gasteiger partial charge is 0.393 e. The van der Waals surface area contributed by atoms with Crippen LogP contribution in [0.15, 0.2) is 0 Å². The van der Waals surface area contributed by atoms with Crippen molar-refractivity contribution in [3.8, 4) is 0 Å². The molecule has 2 nitrogen and oxygen atoms in total. The van der Waals surface area contributed by atoms with Crippen LogP contribution in [0.3, 0.4) is 0 Å². The van der Waals surface area contributed by atoms with Crippen LogP contribution in [0, 0.1) is 17.8 Å². The molecule has 1 radical (unpaired) electrons. The Labute approximate surface area is 85.7 Å². The maximum Gasteiger partial charge on any atom is 0.198 e. The Morgan fingerprint density at radius 3 is 2.71 bits per heavy atom. The van der Waals surface area contributed by atoms with Gasteiger partial charge in [-0.3, -0.25) is 4.79 Å². The highest BCUT2D eigenvalue weighted by atomic mass is 16.3. The van der Waals surface area contributed by atoms with E-state index < -0.39 is 0 Å². The van der Waals surface area contributed by atoms with Crippen molar-refractivity contribution in [2.45, 2.75) is 51.0 Å². The van der Waals surface area contributed by atoms with Crippen LogP contribution in [0.25, 0.3) is 0 Å². The molecule has 2 rings (SSSR count). The van der Waals surface area contributed by atoms with Gasteiger partial charge < -0.3 is 5.11 Å². The molecule has 2 fully saturated rings. The Balaban J connectivity index is 2.05. The van der Waals surface area contributed by atoms with E-state index in [4.69, 9.17) is 0 Å². The topological polar surface area (TPSA) is 37.3 Å². The van der Waals surface area contributed by atoms with Gasteiger partial charge in [-0.15, -0.1) is 0 Å². The van der Waals surface area contributed by atoms with E-state index in [9.17, 15) is 9.90 Å². The molecule has 4 atom stereocenters. The summed E-state index contributed by atoms with van der Waals surface area (Å²) in [7, 11) is 0. The van der Waals surface area contributed by atoms with Crippen LogP contribution in [0.5, 0.6) is 0 Å². The van der Waals surface area contributed by atoms with Crippen molar-refractivity contribution in [2.24, 2.45) is 17.8 Å².